The van der Waals surface area contributed by atoms with E-state index in [-0.39, 0.29) is 24.9 Å². The molecule has 32 heavy (non-hydrogen) atoms. The van der Waals surface area contributed by atoms with Crippen LogP contribution >= 0.6 is 11.3 Å². The number of carbonyl (C=O) groups excluding carboxylic acids is 2. The first-order valence-electron chi connectivity index (χ1n) is 11.4. The first kappa shape index (κ1) is 24.0. The van der Waals surface area contributed by atoms with Gasteiger partial charge in [-0.05, 0) is 50.2 Å². The molecule has 2 aromatic rings. The summed E-state index contributed by atoms with van der Waals surface area (Å²) in [5, 5.41) is 17.7. The Bertz CT molecular complexity index is 968. The molecule has 1 aliphatic rings. The standard InChI is InChI=1S/C24H33N5O2S/c1-4-28(15-22(30)26-14-20-11-8-12-32-20)16-23(31)27-24-21(13-25)17(2)18(3)29(24)19-9-6-5-7-10-19/h8,11-12,19H,4-7,9-10,14-16H2,1-3H3,(H,26,30)(H,27,31). The number of hydrogen-bond donors (Lipinski definition) is 2. The minimum Gasteiger partial charge on any atom is -0.350 e. The van der Waals surface area contributed by atoms with Gasteiger partial charge in [0, 0.05) is 16.6 Å². The first-order chi connectivity index (χ1) is 15.4. The second kappa shape index (κ2) is 11.3. The molecule has 2 N–H and O–H groups in total. The summed E-state index contributed by atoms with van der Waals surface area (Å²) in [6.07, 6.45) is 5.70. The van der Waals surface area contributed by atoms with Gasteiger partial charge in [-0.15, -0.1) is 11.3 Å². The van der Waals surface area contributed by atoms with Crippen LogP contribution in [0, 0.1) is 25.2 Å². The molecule has 0 spiro atoms. The summed E-state index contributed by atoms with van der Waals surface area (Å²) in [6, 6.07) is 6.53. The molecule has 0 atom stereocenters. The van der Waals surface area contributed by atoms with Gasteiger partial charge in [0.05, 0.1) is 25.2 Å². The summed E-state index contributed by atoms with van der Waals surface area (Å²) in [5.41, 5.74) is 2.51. The molecule has 2 amide bonds. The van der Waals surface area contributed by atoms with Crippen molar-refractivity contribution in [2.75, 3.05) is 25.0 Å². The second-order valence-corrected chi connectivity index (χ2v) is 9.45. The van der Waals surface area contributed by atoms with E-state index >= 15 is 0 Å². The quantitative estimate of drug-likeness (QED) is 0.595. The topological polar surface area (TPSA) is 90.2 Å². The van der Waals surface area contributed by atoms with Gasteiger partial charge in [-0.1, -0.05) is 32.3 Å². The van der Waals surface area contributed by atoms with E-state index in [1.165, 1.54) is 19.3 Å². The molecule has 2 heterocycles. The molecule has 7 nitrogen and oxygen atoms in total. The Labute approximate surface area is 194 Å². The second-order valence-electron chi connectivity index (χ2n) is 8.42. The number of thiophene rings is 1. The molecular formula is C24H33N5O2S. The number of nitrogens with one attached hydrogen (secondary N) is 2. The minimum atomic E-state index is -0.205. The summed E-state index contributed by atoms with van der Waals surface area (Å²) in [5.74, 6) is 0.296. The summed E-state index contributed by atoms with van der Waals surface area (Å²) in [4.78, 5) is 28.2. The van der Waals surface area contributed by atoms with E-state index in [4.69, 9.17) is 0 Å². The lowest BCUT2D eigenvalue weighted by Crippen LogP contribution is -2.41. The Hall–Kier alpha value is -2.63. The van der Waals surface area contributed by atoms with Crippen molar-refractivity contribution in [2.24, 2.45) is 0 Å². The van der Waals surface area contributed by atoms with Crippen molar-refractivity contribution in [1.82, 2.24) is 14.8 Å². The maximum absolute atomic E-state index is 12.9. The summed E-state index contributed by atoms with van der Waals surface area (Å²) in [6.45, 7) is 7.23. The Kier molecular flexibility index (Phi) is 8.48. The highest BCUT2D eigenvalue weighted by molar-refractivity contribution is 7.09. The molecule has 0 radical (unpaired) electrons. The molecule has 0 unspecified atom stereocenters. The van der Waals surface area contributed by atoms with Crippen LogP contribution in [0.2, 0.25) is 0 Å². The molecule has 0 aromatic carbocycles. The highest BCUT2D eigenvalue weighted by atomic mass is 32.1. The third kappa shape index (κ3) is 5.78. The van der Waals surface area contributed by atoms with E-state index in [2.05, 4.69) is 21.3 Å². The Morgan fingerprint density at radius 1 is 1.22 bits per heavy atom. The molecule has 3 rings (SSSR count). The van der Waals surface area contributed by atoms with Crippen LogP contribution in [0.5, 0.6) is 0 Å². The number of aromatic nitrogens is 1. The Morgan fingerprint density at radius 2 is 1.94 bits per heavy atom. The van der Waals surface area contributed by atoms with Crippen LogP contribution in [-0.4, -0.2) is 40.9 Å². The van der Waals surface area contributed by atoms with Crippen molar-refractivity contribution in [3.8, 4) is 6.07 Å². The zero-order valence-corrected chi connectivity index (χ0v) is 20.1. The third-order valence-electron chi connectivity index (χ3n) is 6.29. The number of hydrogen-bond acceptors (Lipinski definition) is 5. The minimum absolute atomic E-state index is 0.0989. The van der Waals surface area contributed by atoms with Crippen LogP contribution in [0.1, 0.15) is 66.8 Å². The summed E-state index contributed by atoms with van der Waals surface area (Å²) >= 11 is 1.60. The average Bonchev–Trinajstić information content (AvgIpc) is 3.39. The maximum atomic E-state index is 12.9. The summed E-state index contributed by atoms with van der Waals surface area (Å²) in [7, 11) is 0. The highest BCUT2D eigenvalue weighted by Gasteiger charge is 2.26. The zero-order valence-electron chi connectivity index (χ0n) is 19.2. The molecule has 0 bridgehead atoms. The van der Waals surface area contributed by atoms with Crippen LogP contribution in [0.15, 0.2) is 17.5 Å². The van der Waals surface area contributed by atoms with Gasteiger partial charge in [0.1, 0.15) is 11.9 Å². The van der Waals surface area contributed by atoms with E-state index in [1.54, 1.807) is 16.2 Å². The van der Waals surface area contributed by atoms with Gasteiger partial charge in [-0.2, -0.15) is 5.26 Å². The molecule has 0 saturated heterocycles. The number of anilines is 1. The first-order valence-corrected chi connectivity index (χ1v) is 12.2. The SMILES string of the molecule is CCN(CC(=O)NCc1cccs1)CC(=O)Nc1c(C#N)c(C)c(C)n1C1CCCCC1. The number of amides is 2. The number of carbonyl (C=O) groups is 2. The number of nitriles is 1. The van der Waals surface area contributed by atoms with Crippen LogP contribution in [0.3, 0.4) is 0 Å². The molecule has 1 saturated carbocycles. The van der Waals surface area contributed by atoms with E-state index in [1.807, 2.05) is 38.3 Å². The lowest BCUT2D eigenvalue weighted by atomic mass is 9.95. The van der Waals surface area contributed by atoms with Gasteiger partial charge in [-0.3, -0.25) is 14.5 Å². The fourth-order valence-corrected chi connectivity index (χ4v) is 5.04. The number of likely N-dealkylation sites (N-methyl/N-ethyl adjacent to an activating group) is 1. The van der Waals surface area contributed by atoms with Gasteiger partial charge >= 0.3 is 0 Å². The fourth-order valence-electron chi connectivity index (χ4n) is 4.39. The van der Waals surface area contributed by atoms with Gasteiger partial charge < -0.3 is 15.2 Å². The van der Waals surface area contributed by atoms with E-state index in [9.17, 15) is 14.9 Å². The van der Waals surface area contributed by atoms with Crippen molar-refractivity contribution < 1.29 is 9.59 Å². The predicted molar refractivity (Wildman–Crippen MR) is 128 cm³/mol. The highest BCUT2D eigenvalue weighted by Crippen LogP contribution is 2.36. The van der Waals surface area contributed by atoms with Gasteiger partial charge in [-0.25, -0.2) is 0 Å². The van der Waals surface area contributed by atoms with E-state index in [0.29, 0.717) is 30.5 Å². The monoisotopic (exact) mass is 455 g/mol. The van der Waals surface area contributed by atoms with Crippen LogP contribution in [-0.2, 0) is 16.1 Å². The van der Waals surface area contributed by atoms with Crippen molar-refractivity contribution in [1.29, 1.82) is 5.26 Å². The lowest BCUT2D eigenvalue weighted by molar-refractivity contribution is -0.123. The number of nitrogens with zero attached hydrogens (tertiary/aromatic N) is 3. The van der Waals surface area contributed by atoms with Crippen molar-refractivity contribution in [2.45, 2.75) is 65.5 Å². The van der Waals surface area contributed by atoms with E-state index in [0.717, 1.165) is 29.0 Å². The molecular weight excluding hydrogens is 422 g/mol. The van der Waals surface area contributed by atoms with Crippen LogP contribution in [0.25, 0.3) is 0 Å². The third-order valence-corrected chi connectivity index (χ3v) is 7.16. The molecule has 0 aliphatic heterocycles. The van der Waals surface area contributed by atoms with Crippen molar-refractivity contribution in [3.63, 3.8) is 0 Å². The Balaban J connectivity index is 1.65. The number of rotatable bonds is 9. The molecule has 172 valence electrons. The average molecular weight is 456 g/mol. The van der Waals surface area contributed by atoms with Gasteiger partial charge in [0.15, 0.2) is 0 Å². The normalized spacial score (nSPS) is 14.3. The van der Waals surface area contributed by atoms with Crippen LogP contribution < -0.4 is 10.6 Å². The molecule has 1 fully saturated rings. The Morgan fingerprint density at radius 3 is 2.56 bits per heavy atom. The van der Waals surface area contributed by atoms with Gasteiger partial charge in [0.2, 0.25) is 11.8 Å². The lowest BCUT2D eigenvalue weighted by Gasteiger charge is -2.27. The largest absolute Gasteiger partial charge is 0.350 e. The maximum Gasteiger partial charge on any atom is 0.239 e. The molecule has 1 aliphatic carbocycles. The summed E-state index contributed by atoms with van der Waals surface area (Å²) < 4.78 is 2.16. The molecule has 2 aromatic heterocycles. The van der Waals surface area contributed by atoms with Crippen molar-refractivity contribution in [3.05, 3.63) is 39.2 Å². The van der Waals surface area contributed by atoms with Crippen molar-refractivity contribution >= 4 is 29.0 Å². The van der Waals surface area contributed by atoms with Crippen LogP contribution in [0.4, 0.5) is 5.82 Å². The zero-order chi connectivity index (χ0) is 23.1. The van der Waals surface area contributed by atoms with Gasteiger partial charge in [0.25, 0.3) is 0 Å². The fraction of sp³-hybridized carbons (Fsp3) is 0.542. The predicted octanol–water partition coefficient (Wildman–Crippen LogP) is 4.12. The smallest absolute Gasteiger partial charge is 0.239 e. The van der Waals surface area contributed by atoms with E-state index < -0.39 is 0 Å². The molecule has 8 heteroatoms.